The lowest BCUT2D eigenvalue weighted by Crippen LogP contribution is -2.13. The van der Waals surface area contributed by atoms with E-state index in [-0.39, 0.29) is 6.61 Å². The molecule has 0 bridgehead atoms. The molecule has 6 nitrogen and oxygen atoms in total. The van der Waals surface area contributed by atoms with Gasteiger partial charge in [0, 0.05) is 24.1 Å². The summed E-state index contributed by atoms with van der Waals surface area (Å²) in [5, 5.41) is 0. The summed E-state index contributed by atoms with van der Waals surface area (Å²) < 4.78 is 12.3. The quantitative estimate of drug-likeness (QED) is 0.663. The van der Waals surface area contributed by atoms with Gasteiger partial charge in [-0.2, -0.15) is 0 Å². The Morgan fingerprint density at radius 2 is 2.25 bits per heavy atom. The third-order valence-corrected chi connectivity index (χ3v) is 2.93. The molecule has 0 saturated carbocycles. The molecular formula is C14H17N3O3. The Morgan fingerprint density at radius 1 is 1.45 bits per heavy atom. The number of ether oxygens (including phenoxy) is 2. The fraction of sp³-hybridized carbons (Fsp3) is 0.286. The zero-order valence-electron chi connectivity index (χ0n) is 11.5. The summed E-state index contributed by atoms with van der Waals surface area (Å²) in [4.78, 5) is 16.1. The van der Waals surface area contributed by atoms with Crippen LogP contribution in [0, 0.1) is 6.92 Å². The number of hydrogen-bond acceptors (Lipinski definition) is 5. The molecule has 1 aromatic carbocycles. The lowest BCUT2D eigenvalue weighted by Gasteiger charge is -2.10. The summed E-state index contributed by atoms with van der Waals surface area (Å²) in [6, 6.07) is 4.83. The number of benzene rings is 1. The van der Waals surface area contributed by atoms with Gasteiger partial charge in [0.2, 0.25) is 0 Å². The fourth-order valence-electron chi connectivity index (χ4n) is 1.83. The molecule has 0 atom stereocenters. The van der Waals surface area contributed by atoms with Crippen LogP contribution in [0.5, 0.6) is 5.75 Å². The van der Waals surface area contributed by atoms with Crippen molar-refractivity contribution in [2.24, 2.45) is 0 Å². The van der Waals surface area contributed by atoms with E-state index >= 15 is 0 Å². The molecule has 6 heteroatoms. The molecule has 0 radical (unpaired) electrons. The normalized spacial score (nSPS) is 10.3. The Morgan fingerprint density at radius 3 is 2.90 bits per heavy atom. The van der Waals surface area contributed by atoms with Crippen LogP contribution in [-0.2, 0) is 11.3 Å². The Bertz CT molecular complexity index is 607. The Labute approximate surface area is 117 Å². The van der Waals surface area contributed by atoms with Crippen molar-refractivity contribution in [1.29, 1.82) is 0 Å². The molecule has 1 aromatic heterocycles. The SMILES string of the molecule is COc1cc(N)ccc1C(=O)OCCn1ccnc1C. The van der Waals surface area contributed by atoms with Gasteiger partial charge in [0.05, 0.1) is 13.7 Å². The molecule has 0 amide bonds. The number of rotatable bonds is 5. The van der Waals surface area contributed by atoms with Crippen molar-refractivity contribution in [2.45, 2.75) is 13.5 Å². The van der Waals surface area contributed by atoms with Crippen LogP contribution >= 0.6 is 0 Å². The van der Waals surface area contributed by atoms with Crippen LogP contribution in [0.25, 0.3) is 0 Å². The van der Waals surface area contributed by atoms with Gasteiger partial charge in [-0.15, -0.1) is 0 Å². The predicted octanol–water partition coefficient (Wildman–Crippen LogP) is 1.64. The smallest absolute Gasteiger partial charge is 0.341 e. The van der Waals surface area contributed by atoms with Crippen LogP contribution in [-0.4, -0.2) is 29.2 Å². The first kappa shape index (κ1) is 13.9. The summed E-state index contributed by atoms with van der Waals surface area (Å²) in [5.41, 5.74) is 6.54. The van der Waals surface area contributed by atoms with Crippen LogP contribution < -0.4 is 10.5 Å². The molecule has 2 N–H and O–H groups in total. The molecule has 0 aliphatic rings. The Kier molecular flexibility index (Phi) is 4.24. The first-order valence-electron chi connectivity index (χ1n) is 6.20. The van der Waals surface area contributed by atoms with Crippen LogP contribution in [0.1, 0.15) is 16.2 Å². The first-order chi connectivity index (χ1) is 9.61. The van der Waals surface area contributed by atoms with Crippen molar-refractivity contribution in [3.8, 4) is 5.75 Å². The van der Waals surface area contributed by atoms with Gasteiger partial charge in [0.25, 0.3) is 0 Å². The highest BCUT2D eigenvalue weighted by Gasteiger charge is 2.13. The number of hydrogen-bond donors (Lipinski definition) is 1. The summed E-state index contributed by atoms with van der Waals surface area (Å²) in [6.45, 7) is 2.73. The number of nitrogens with two attached hydrogens (primary N) is 1. The number of nitrogen functional groups attached to an aromatic ring is 1. The number of imidazole rings is 1. The van der Waals surface area contributed by atoms with Crippen molar-refractivity contribution in [2.75, 3.05) is 19.5 Å². The van der Waals surface area contributed by atoms with Gasteiger partial charge in [0.1, 0.15) is 23.7 Å². The number of nitrogens with zero attached hydrogens (tertiary/aromatic N) is 2. The monoisotopic (exact) mass is 275 g/mol. The lowest BCUT2D eigenvalue weighted by molar-refractivity contribution is 0.0487. The van der Waals surface area contributed by atoms with Gasteiger partial charge in [-0.05, 0) is 19.1 Å². The average molecular weight is 275 g/mol. The molecule has 20 heavy (non-hydrogen) atoms. The van der Waals surface area contributed by atoms with Crippen LogP contribution in [0.4, 0.5) is 5.69 Å². The van der Waals surface area contributed by atoms with E-state index in [0.29, 0.717) is 23.5 Å². The van der Waals surface area contributed by atoms with Gasteiger partial charge in [-0.25, -0.2) is 9.78 Å². The second kappa shape index (κ2) is 6.10. The molecule has 0 unspecified atom stereocenters. The number of aryl methyl sites for hydroxylation is 1. The number of esters is 1. The van der Waals surface area contributed by atoms with E-state index in [9.17, 15) is 4.79 Å². The van der Waals surface area contributed by atoms with Gasteiger partial charge < -0.3 is 19.8 Å². The maximum absolute atomic E-state index is 12.0. The van der Waals surface area contributed by atoms with E-state index < -0.39 is 5.97 Å². The summed E-state index contributed by atoms with van der Waals surface area (Å²) >= 11 is 0. The summed E-state index contributed by atoms with van der Waals surface area (Å²) in [6.07, 6.45) is 3.55. The minimum atomic E-state index is -0.431. The third-order valence-electron chi connectivity index (χ3n) is 2.93. The maximum atomic E-state index is 12.0. The van der Waals surface area contributed by atoms with E-state index in [1.165, 1.54) is 7.11 Å². The van der Waals surface area contributed by atoms with Crippen LogP contribution in [0.3, 0.4) is 0 Å². The maximum Gasteiger partial charge on any atom is 0.341 e. The fourth-order valence-corrected chi connectivity index (χ4v) is 1.83. The summed E-state index contributed by atoms with van der Waals surface area (Å²) in [7, 11) is 1.49. The second-order valence-electron chi connectivity index (χ2n) is 4.26. The highest BCUT2D eigenvalue weighted by atomic mass is 16.5. The number of carbonyl (C=O) groups excluding carboxylic acids is 1. The van der Waals surface area contributed by atoms with E-state index in [0.717, 1.165) is 5.82 Å². The first-order valence-corrected chi connectivity index (χ1v) is 6.20. The topological polar surface area (TPSA) is 79.4 Å². The molecule has 0 spiro atoms. The number of methoxy groups -OCH3 is 1. The predicted molar refractivity (Wildman–Crippen MR) is 74.7 cm³/mol. The van der Waals surface area contributed by atoms with E-state index in [2.05, 4.69) is 4.98 Å². The molecule has 0 fully saturated rings. The number of aromatic nitrogens is 2. The summed E-state index contributed by atoms with van der Waals surface area (Å²) in [5.74, 6) is 0.861. The van der Waals surface area contributed by atoms with E-state index in [1.54, 1.807) is 24.4 Å². The van der Waals surface area contributed by atoms with Crippen LogP contribution in [0.2, 0.25) is 0 Å². The third kappa shape index (κ3) is 3.09. The minimum absolute atomic E-state index is 0.267. The minimum Gasteiger partial charge on any atom is -0.496 e. The van der Waals surface area contributed by atoms with Crippen molar-refractivity contribution >= 4 is 11.7 Å². The second-order valence-corrected chi connectivity index (χ2v) is 4.26. The van der Waals surface area contributed by atoms with Crippen molar-refractivity contribution in [3.05, 3.63) is 42.0 Å². The molecule has 0 aliphatic heterocycles. The average Bonchev–Trinajstić information content (AvgIpc) is 2.84. The highest BCUT2D eigenvalue weighted by Crippen LogP contribution is 2.22. The van der Waals surface area contributed by atoms with Gasteiger partial charge in [0.15, 0.2) is 0 Å². The van der Waals surface area contributed by atoms with Gasteiger partial charge >= 0.3 is 5.97 Å². The zero-order chi connectivity index (χ0) is 14.5. The molecule has 1 heterocycles. The van der Waals surface area contributed by atoms with Gasteiger partial charge in [-0.3, -0.25) is 0 Å². The molecular weight excluding hydrogens is 258 g/mol. The standard InChI is InChI=1S/C14H17N3O3/c1-10-16-5-6-17(10)7-8-20-14(18)12-4-3-11(15)9-13(12)19-2/h3-6,9H,7-8,15H2,1-2H3. The Hall–Kier alpha value is -2.50. The molecule has 0 aliphatic carbocycles. The molecule has 2 aromatic rings. The number of anilines is 1. The van der Waals surface area contributed by atoms with E-state index in [4.69, 9.17) is 15.2 Å². The Balaban J connectivity index is 1.97. The molecule has 2 rings (SSSR count). The highest BCUT2D eigenvalue weighted by molar-refractivity contribution is 5.93. The van der Waals surface area contributed by atoms with E-state index in [1.807, 2.05) is 17.7 Å². The van der Waals surface area contributed by atoms with Crippen molar-refractivity contribution in [1.82, 2.24) is 9.55 Å². The van der Waals surface area contributed by atoms with Crippen molar-refractivity contribution in [3.63, 3.8) is 0 Å². The zero-order valence-corrected chi connectivity index (χ0v) is 11.5. The largest absolute Gasteiger partial charge is 0.496 e. The van der Waals surface area contributed by atoms with Gasteiger partial charge in [-0.1, -0.05) is 0 Å². The van der Waals surface area contributed by atoms with Crippen LogP contribution in [0.15, 0.2) is 30.6 Å². The van der Waals surface area contributed by atoms with Crippen molar-refractivity contribution < 1.29 is 14.3 Å². The number of carbonyl (C=O) groups is 1. The molecule has 0 saturated heterocycles. The lowest BCUT2D eigenvalue weighted by atomic mass is 10.2. The molecule has 106 valence electrons.